The Morgan fingerprint density at radius 3 is 2.55 bits per heavy atom. The van der Waals surface area contributed by atoms with E-state index in [-0.39, 0.29) is 0 Å². The van der Waals surface area contributed by atoms with Crippen molar-refractivity contribution in [2.75, 3.05) is 62.0 Å². The molecule has 0 radical (unpaired) electrons. The Morgan fingerprint density at radius 2 is 1.85 bits per heavy atom. The molecule has 2 aromatic heterocycles. The Bertz CT molecular complexity index is 2000. The average molecular weight is 736 g/mol. The van der Waals surface area contributed by atoms with E-state index < -0.39 is 10.1 Å². The summed E-state index contributed by atoms with van der Waals surface area (Å²) in [6, 6.07) is 18.2. The van der Waals surface area contributed by atoms with Crippen LogP contribution in [-0.2, 0) is 23.1 Å². The minimum atomic E-state index is -3.67. The van der Waals surface area contributed by atoms with Gasteiger partial charge >= 0.3 is 0 Å². The zero-order chi connectivity index (χ0) is 33.9. The van der Waals surface area contributed by atoms with E-state index >= 15 is 0 Å². The van der Waals surface area contributed by atoms with Crippen LogP contribution in [0.1, 0.15) is 16.9 Å². The molecule has 10 nitrogen and oxygen atoms in total. The topological polar surface area (TPSA) is 128 Å². The van der Waals surface area contributed by atoms with E-state index in [1.807, 2.05) is 31.2 Å². The summed E-state index contributed by atoms with van der Waals surface area (Å²) < 4.78 is 33.1. The van der Waals surface area contributed by atoms with Gasteiger partial charge in [-0.2, -0.15) is 8.42 Å². The van der Waals surface area contributed by atoms with Gasteiger partial charge < -0.3 is 30.2 Å². The number of piperazine rings is 1. The lowest BCUT2D eigenvalue weighted by molar-refractivity contribution is 0.331. The number of thiazole rings is 1. The number of aryl methyl sites for hydroxylation is 1. The van der Waals surface area contributed by atoms with Crippen molar-refractivity contribution in [3.63, 3.8) is 0 Å². The van der Waals surface area contributed by atoms with E-state index in [9.17, 15) is 8.42 Å². The minimum Gasteiger partial charge on any atom is -0.461 e. The van der Waals surface area contributed by atoms with Crippen LogP contribution in [0, 0.1) is 6.92 Å². The van der Waals surface area contributed by atoms with Crippen LogP contribution in [0.4, 0.5) is 16.5 Å². The van der Waals surface area contributed by atoms with E-state index in [0.717, 1.165) is 89.1 Å². The summed E-state index contributed by atoms with van der Waals surface area (Å²) in [6.45, 7) is 7.03. The van der Waals surface area contributed by atoms with E-state index in [0.29, 0.717) is 21.4 Å². The number of benzene rings is 3. The molecule has 0 atom stereocenters. The smallest absolute Gasteiger partial charge is 0.261 e. The molecule has 250 valence electrons. The van der Waals surface area contributed by atoms with Crippen molar-refractivity contribution in [1.82, 2.24) is 14.8 Å². The predicted molar refractivity (Wildman–Crippen MR) is 199 cm³/mol. The van der Waals surface area contributed by atoms with Crippen LogP contribution in [0.3, 0.4) is 0 Å². The molecule has 4 N–H and O–H groups in total. The summed E-state index contributed by atoms with van der Waals surface area (Å²) in [7, 11) is -1.52. The molecule has 3 heterocycles. The number of anilines is 3. The number of rotatable bonds is 7. The van der Waals surface area contributed by atoms with Crippen LogP contribution in [0.25, 0.3) is 21.2 Å². The van der Waals surface area contributed by atoms with E-state index in [4.69, 9.17) is 50.1 Å². The third-order valence-corrected chi connectivity index (χ3v) is 9.49. The fourth-order valence-corrected chi connectivity index (χ4v) is 7.08. The van der Waals surface area contributed by atoms with Gasteiger partial charge in [-0.25, -0.2) is 4.98 Å². The first kappa shape index (κ1) is 35.1. The van der Waals surface area contributed by atoms with Gasteiger partial charge in [0, 0.05) is 60.9 Å². The van der Waals surface area contributed by atoms with Crippen molar-refractivity contribution in [3.8, 4) is 0 Å². The molecule has 5 aromatic rings. The summed E-state index contributed by atoms with van der Waals surface area (Å²) >= 11 is 19.8. The van der Waals surface area contributed by atoms with Gasteiger partial charge in [0.1, 0.15) is 11.3 Å². The highest BCUT2D eigenvalue weighted by Gasteiger charge is 2.21. The van der Waals surface area contributed by atoms with E-state index in [1.165, 1.54) is 22.5 Å². The minimum absolute atomic E-state index is 0.606. The molecule has 1 fully saturated rings. The quantitative estimate of drug-likeness (QED) is 0.119. The number of fused-ring (bicyclic) bond motifs is 2. The number of aromatic nitrogens is 1. The summed E-state index contributed by atoms with van der Waals surface area (Å²) in [5.41, 5.74) is 12.1. The molecule has 1 aliphatic rings. The van der Waals surface area contributed by atoms with E-state index in [1.54, 1.807) is 6.07 Å². The van der Waals surface area contributed by atoms with Gasteiger partial charge in [-0.3, -0.25) is 4.55 Å². The van der Waals surface area contributed by atoms with Crippen molar-refractivity contribution in [3.05, 3.63) is 81.5 Å². The normalized spacial score (nSPS) is 13.7. The highest BCUT2D eigenvalue weighted by Crippen LogP contribution is 2.31. The maximum atomic E-state index is 9.19. The third-order valence-electron chi connectivity index (χ3n) is 7.73. The summed E-state index contributed by atoms with van der Waals surface area (Å²) in [5.74, 6) is 0.953. The van der Waals surface area contributed by atoms with Gasteiger partial charge in [-0.15, -0.1) is 0 Å². The molecule has 15 heteroatoms. The Labute approximate surface area is 293 Å². The fraction of sp³-hybridized carbons (Fsp3) is 0.312. The molecule has 3 aromatic carbocycles. The Kier molecular flexibility index (Phi) is 11.2. The van der Waals surface area contributed by atoms with Crippen molar-refractivity contribution in [2.24, 2.45) is 0 Å². The van der Waals surface area contributed by atoms with Crippen LogP contribution >= 0.6 is 46.8 Å². The largest absolute Gasteiger partial charge is 0.461 e. The first-order chi connectivity index (χ1) is 22.2. The highest BCUT2D eigenvalue weighted by atomic mass is 35.5. The van der Waals surface area contributed by atoms with Crippen LogP contribution in [0.5, 0.6) is 0 Å². The molecule has 0 saturated carbocycles. The molecule has 1 saturated heterocycles. The van der Waals surface area contributed by atoms with Gasteiger partial charge in [0.25, 0.3) is 10.1 Å². The molecule has 0 bridgehead atoms. The highest BCUT2D eigenvalue weighted by molar-refractivity contribution is 7.85. The number of likely N-dealkylation sites (N-methyl/N-ethyl adjacent to an activating group) is 1. The Hall–Kier alpha value is -3.17. The van der Waals surface area contributed by atoms with Gasteiger partial charge in [-0.1, -0.05) is 40.6 Å². The van der Waals surface area contributed by atoms with Crippen LogP contribution in [0.2, 0.25) is 10.0 Å². The number of hydrogen-bond donors (Lipinski definition) is 3. The average Bonchev–Trinajstić information content (AvgIpc) is 3.52. The number of nitrogens with zero attached hydrogens (tertiary/aromatic N) is 4. The molecule has 47 heavy (non-hydrogen) atoms. The summed E-state index contributed by atoms with van der Waals surface area (Å²) in [5, 5.41) is 7.22. The maximum Gasteiger partial charge on any atom is 0.261 e. The zero-order valence-corrected chi connectivity index (χ0v) is 30.1. The molecular formula is C32H36Cl2N6O4S3. The molecular weight excluding hydrogens is 699 g/mol. The lowest BCUT2D eigenvalue weighted by atomic mass is 10.1. The second-order valence-corrected chi connectivity index (χ2v) is 15.2. The number of furan rings is 1. The number of hydrogen-bond acceptors (Lipinski definition) is 9. The van der Waals surface area contributed by atoms with Gasteiger partial charge in [0.2, 0.25) is 0 Å². The number of nitrogens with one attached hydrogen (secondary N) is 1. The monoisotopic (exact) mass is 734 g/mol. The predicted octanol–water partition coefficient (Wildman–Crippen LogP) is 6.94. The Morgan fingerprint density at radius 1 is 1.13 bits per heavy atom. The van der Waals surface area contributed by atoms with Gasteiger partial charge in [0.05, 0.1) is 27.2 Å². The number of halogens is 2. The van der Waals surface area contributed by atoms with Crippen LogP contribution in [-0.4, -0.2) is 78.9 Å². The second kappa shape index (κ2) is 14.9. The second-order valence-electron chi connectivity index (χ2n) is 11.4. The van der Waals surface area contributed by atoms with Crippen molar-refractivity contribution in [2.45, 2.75) is 19.9 Å². The van der Waals surface area contributed by atoms with Crippen molar-refractivity contribution in [1.29, 1.82) is 0 Å². The molecule has 0 amide bonds. The molecule has 0 aliphatic carbocycles. The Balaban J connectivity index is 0.000000807. The lowest BCUT2D eigenvalue weighted by Crippen LogP contribution is -2.50. The van der Waals surface area contributed by atoms with Gasteiger partial charge in [0.15, 0.2) is 10.2 Å². The first-order valence-electron chi connectivity index (χ1n) is 14.8. The maximum absolute atomic E-state index is 9.19. The summed E-state index contributed by atoms with van der Waals surface area (Å²) in [4.78, 5) is 11.2. The van der Waals surface area contributed by atoms with Gasteiger partial charge in [-0.05, 0) is 86.7 Å². The number of thiocarbonyl (C=S) groups is 1. The third kappa shape index (κ3) is 9.47. The molecule has 0 unspecified atom stereocenters. The molecule has 0 spiro atoms. The van der Waals surface area contributed by atoms with Crippen LogP contribution in [0.15, 0.2) is 59.0 Å². The van der Waals surface area contributed by atoms with E-state index in [2.05, 4.69) is 56.3 Å². The first-order valence-corrected chi connectivity index (χ1v) is 18.6. The standard InChI is InChI=1S/C31H32Cl2N6OS2.CH4O3S/c1-19-23(9-10-37(2)18-20-3-8-29-26(15-20)36-30(34)42-29)24-17-22(5-7-28(24)40-19)35-31(41)39-13-11-38(12-14-39)27-6-4-21(32)16-25(27)33;1-5(2,3)4/h3-8,15-17H,9-14,18H2,1-2H3,(H2,34,36)(H,35,41);1H3,(H,2,3,4). The molecule has 1 aliphatic heterocycles. The number of nitrogens with two attached hydrogens (primary N) is 1. The van der Waals surface area contributed by atoms with Crippen molar-refractivity contribution >= 4 is 99.7 Å². The van der Waals surface area contributed by atoms with Crippen LogP contribution < -0.4 is 16.0 Å². The van der Waals surface area contributed by atoms with Crippen molar-refractivity contribution < 1.29 is 17.4 Å². The summed E-state index contributed by atoms with van der Waals surface area (Å²) in [6.07, 6.45) is 1.59. The SMILES string of the molecule is CS(=O)(=O)O.Cc1oc2ccc(NC(=S)N3CCN(c4ccc(Cl)cc4Cl)CC3)cc2c1CCN(C)Cc1ccc2sc(N)nc2c1. The fourth-order valence-electron chi connectivity index (χ4n) is 5.53. The zero-order valence-electron chi connectivity index (χ0n) is 26.2. The number of nitrogen functional groups attached to an aromatic ring is 1. The molecule has 6 rings (SSSR count). The lowest BCUT2D eigenvalue weighted by Gasteiger charge is -2.37.